The van der Waals surface area contributed by atoms with Crippen LogP contribution in [0.3, 0.4) is 0 Å². The summed E-state index contributed by atoms with van der Waals surface area (Å²) >= 11 is 3.40. The van der Waals surface area contributed by atoms with Gasteiger partial charge in [-0.3, -0.25) is 9.89 Å². The van der Waals surface area contributed by atoms with Crippen LogP contribution in [0.4, 0.5) is 5.95 Å². The number of aliphatic imine (C=N–C) groups is 1. The van der Waals surface area contributed by atoms with Gasteiger partial charge in [-0.2, -0.15) is 4.98 Å². The van der Waals surface area contributed by atoms with Gasteiger partial charge in [0.25, 0.3) is 0 Å². The summed E-state index contributed by atoms with van der Waals surface area (Å²) in [6.07, 6.45) is 4.45. The number of rotatable bonds is 7. The van der Waals surface area contributed by atoms with Gasteiger partial charge in [0.2, 0.25) is 11.8 Å². The van der Waals surface area contributed by atoms with Crippen molar-refractivity contribution < 1.29 is 4.74 Å². The first kappa shape index (κ1) is 23.4. The molecule has 2 aliphatic rings. The molecule has 0 amide bonds. The van der Waals surface area contributed by atoms with E-state index < -0.39 is 0 Å². The van der Waals surface area contributed by atoms with Crippen molar-refractivity contribution in [3.8, 4) is 5.88 Å². The van der Waals surface area contributed by atoms with Gasteiger partial charge in [-0.1, -0.05) is 6.92 Å². The summed E-state index contributed by atoms with van der Waals surface area (Å²) in [6, 6.07) is 0.810. The molecule has 158 valence electrons. The van der Waals surface area contributed by atoms with Gasteiger partial charge in [0, 0.05) is 52.4 Å². The Bertz CT molecular complexity index is 651. The van der Waals surface area contributed by atoms with Crippen molar-refractivity contribution in [1.82, 2.24) is 25.1 Å². The number of likely N-dealkylation sites (N-methyl/N-ethyl adjacent to an activating group) is 1. The lowest BCUT2D eigenvalue weighted by Crippen LogP contribution is -2.53. The molecular formula is C18H31BrIN7O. The SMILES string of the molecule is CCN(CCNC(=NC)N1CCN(c2ncc(Br)c(OC)n2)CC1)C1CC1.I. The van der Waals surface area contributed by atoms with Gasteiger partial charge in [0.15, 0.2) is 5.96 Å². The zero-order chi connectivity index (χ0) is 19.2. The number of nitrogens with one attached hydrogen (secondary N) is 1. The van der Waals surface area contributed by atoms with E-state index in [0.29, 0.717) is 11.8 Å². The van der Waals surface area contributed by atoms with Gasteiger partial charge in [-0.15, -0.1) is 24.0 Å². The lowest BCUT2D eigenvalue weighted by molar-refractivity contribution is 0.279. The van der Waals surface area contributed by atoms with Crippen molar-refractivity contribution in [2.75, 3.05) is 64.9 Å². The number of guanidine groups is 1. The summed E-state index contributed by atoms with van der Waals surface area (Å²) < 4.78 is 6.05. The van der Waals surface area contributed by atoms with Crippen LogP contribution in [0.5, 0.6) is 5.88 Å². The summed E-state index contributed by atoms with van der Waals surface area (Å²) in [7, 11) is 3.48. The van der Waals surface area contributed by atoms with E-state index >= 15 is 0 Å². The van der Waals surface area contributed by atoms with Crippen LogP contribution < -0.4 is 15.0 Å². The molecule has 1 saturated heterocycles. The third-order valence-electron chi connectivity index (χ3n) is 5.12. The number of anilines is 1. The van der Waals surface area contributed by atoms with Crippen molar-refractivity contribution in [3.05, 3.63) is 10.7 Å². The fourth-order valence-corrected chi connectivity index (χ4v) is 3.79. The molecule has 3 rings (SSSR count). The Kier molecular flexibility index (Phi) is 9.48. The molecule has 0 aromatic carbocycles. The fraction of sp³-hybridized carbons (Fsp3) is 0.722. The fourth-order valence-electron chi connectivity index (χ4n) is 3.44. The predicted molar refractivity (Wildman–Crippen MR) is 127 cm³/mol. The molecule has 0 unspecified atom stereocenters. The normalized spacial score (nSPS) is 17.5. The van der Waals surface area contributed by atoms with Crippen LogP contribution in [0.2, 0.25) is 0 Å². The van der Waals surface area contributed by atoms with Crippen LogP contribution in [-0.4, -0.2) is 91.7 Å². The van der Waals surface area contributed by atoms with Crippen molar-refractivity contribution >= 4 is 51.8 Å². The molecule has 2 fully saturated rings. The number of halogens is 2. The van der Waals surface area contributed by atoms with Gasteiger partial charge >= 0.3 is 0 Å². The largest absolute Gasteiger partial charge is 0.480 e. The quantitative estimate of drug-likeness (QED) is 0.307. The Morgan fingerprint density at radius 3 is 2.64 bits per heavy atom. The zero-order valence-corrected chi connectivity index (χ0v) is 20.8. The first-order valence-electron chi connectivity index (χ1n) is 9.67. The lowest BCUT2D eigenvalue weighted by Gasteiger charge is -2.36. The Balaban J connectivity index is 0.00000280. The number of nitrogens with zero attached hydrogens (tertiary/aromatic N) is 6. The number of hydrogen-bond acceptors (Lipinski definition) is 6. The van der Waals surface area contributed by atoms with Gasteiger partial charge < -0.3 is 19.9 Å². The minimum Gasteiger partial charge on any atom is -0.480 e. The molecule has 1 saturated carbocycles. The summed E-state index contributed by atoms with van der Waals surface area (Å²) in [5.74, 6) is 2.26. The highest BCUT2D eigenvalue weighted by Gasteiger charge is 2.27. The van der Waals surface area contributed by atoms with Crippen LogP contribution in [0.1, 0.15) is 19.8 Å². The lowest BCUT2D eigenvalue weighted by atomic mass is 10.3. The molecule has 1 aliphatic carbocycles. The highest BCUT2D eigenvalue weighted by molar-refractivity contribution is 14.0. The molecule has 0 radical (unpaired) electrons. The maximum Gasteiger partial charge on any atom is 0.232 e. The molecule has 1 aliphatic heterocycles. The topological polar surface area (TPSA) is 69.1 Å². The van der Waals surface area contributed by atoms with Crippen LogP contribution >= 0.6 is 39.9 Å². The molecule has 28 heavy (non-hydrogen) atoms. The average molecular weight is 568 g/mol. The van der Waals surface area contributed by atoms with Crippen LogP contribution in [0.15, 0.2) is 15.7 Å². The average Bonchev–Trinajstić information content (AvgIpc) is 3.54. The summed E-state index contributed by atoms with van der Waals surface area (Å²) in [5, 5.41) is 3.53. The number of methoxy groups -OCH3 is 1. The van der Waals surface area contributed by atoms with E-state index in [2.05, 4.69) is 57.8 Å². The predicted octanol–water partition coefficient (Wildman–Crippen LogP) is 2.05. The first-order valence-corrected chi connectivity index (χ1v) is 10.5. The molecule has 1 aromatic rings. The third-order valence-corrected chi connectivity index (χ3v) is 5.66. The number of ether oxygens (including phenoxy) is 1. The number of piperazine rings is 1. The maximum atomic E-state index is 5.28. The van der Waals surface area contributed by atoms with E-state index in [1.165, 1.54) is 12.8 Å². The maximum absolute atomic E-state index is 5.28. The number of hydrogen-bond donors (Lipinski definition) is 1. The Hall–Kier alpha value is -0.880. The molecule has 2 heterocycles. The van der Waals surface area contributed by atoms with Crippen LogP contribution in [0, 0.1) is 0 Å². The van der Waals surface area contributed by atoms with E-state index in [0.717, 1.165) is 62.3 Å². The summed E-state index contributed by atoms with van der Waals surface area (Å²) in [4.78, 5) is 20.4. The van der Waals surface area contributed by atoms with E-state index in [4.69, 9.17) is 4.74 Å². The highest BCUT2D eigenvalue weighted by atomic mass is 127. The van der Waals surface area contributed by atoms with Crippen molar-refractivity contribution in [3.63, 3.8) is 0 Å². The van der Waals surface area contributed by atoms with Gasteiger partial charge in [-0.05, 0) is 35.3 Å². The van der Waals surface area contributed by atoms with Gasteiger partial charge in [0.05, 0.1) is 17.8 Å². The minimum absolute atomic E-state index is 0. The second-order valence-electron chi connectivity index (χ2n) is 6.84. The Labute approximate surface area is 193 Å². The smallest absolute Gasteiger partial charge is 0.232 e. The van der Waals surface area contributed by atoms with Crippen LogP contribution in [-0.2, 0) is 0 Å². The van der Waals surface area contributed by atoms with E-state index in [1.807, 2.05) is 7.05 Å². The standard InChI is InChI=1S/C18H30BrN7O.HI/c1-4-24(14-5-6-14)8-7-21-17(20-2)25-9-11-26(12-10-25)18-22-13-15(19)16(23-18)27-3;/h13-14H,4-12H2,1-3H3,(H,20,21);1H. The molecule has 8 nitrogen and oxygen atoms in total. The molecule has 1 N–H and O–H groups in total. The van der Waals surface area contributed by atoms with Gasteiger partial charge in [-0.25, -0.2) is 4.98 Å². The third kappa shape index (κ3) is 6.06. The summed E-state index contributed by atoms with van der Waals surface area (Å²) in [6.45, 7) is 8.87. The van der Waals surface area contributed by atoms with E-state index in [9.17, 15) is 0 Å². The van der Waals surface area contributed by atoms with E-state index in [1.54, 1.807) is 13.3 Å². The van der Waals surface area contributed by atoms with Crippen LogP contribution in [0.25, 0.3) is 0 Å². The second kappa shape index (κ2) is 11.3. The zero-order valence-electron chi connectivity index (χ0n) is 16.9. The molecule has 0 bridgehead atoms. The Morgan fingerprint density at radius 1 is 1.36 bits per heavy atom. The monoisotopic (exact) mass is 567 g/mol. The molecule has 1 aromatic heterocycles. The van der Waals surface area contributed by atoms with Gasteiger partial charge in [0.1, 0.15) is 0 Å². The molecule has 10 heteroatoms. The summed E-state index contributed by atoms with van der Waals surface area (Å²) in [5.41, 5.74) is 0. The van der Waals surface area contributed by atoms with E-state index in [-0.39, 0.29) is 24.0 Å². The minimum atomic E-state index is 0. The van der Waals surface area contributed by atoms with Crippen molar-refractivity contribution in [2.24, 2.45) is 4.99 Å². The number of aromatic nitrogens is 2. The molecule has 0 atom stereocenters. The molecule has 0 spiro atoms. The van der Waals surface area contributed by atoms with Crippen molar-refractivity contribution in [2.45, 2.75) is 25.8 Å². The first-order chi connectivity index (χ1) is 13.2. The highest BCUT2D eigenvalue weighted by Crippen LogP contribution is 2.26. The Morgan fingerprint density at radius 2 is 2.07 bits per heavy atom. The second-order valence-corrected chi connectivity index (χ2v) is 7.69. The van der Waals surface area contributed by atoms with Crippen molar-refractivity contribution in [1.29, 1.82) is 0 Å². The molecular weight excluding hydrogens is 537 g/mol.